The molecule has 0 spiro atoms. The lowest BCUT2D eigenvalue weighted by Gasteiger charge is -2.38. The Morgan fingerprint density at radius 1 is 0.875 bits per heavy atom. The number of methoxy groups -OCH3 is 1. The van der Waals surface area contributed by atoms with E-state index in [2.05, 4.69) is 43.1 Å². The SMILES string of the molecule is CO[C@H]1C=CO[C@@]2(C)Oc3c(C)c(OC(=O)C(C)(C)C)c4c(O)c(c(N5CCN(Cc6c(C)cc(C)cc6C)CC5)c(O)c4c3C2=O)NC(=O)/C(C)=C\C=C/[C@H](C)[C@H](O)[C@@H](C)[C@@H](O)[C@@H](C)[C@H](OC(C)=O)[C@@H]1C. The number of esters is 2. The number of carbonyl (C=O) groups is 4. The number of hydrogen-bond acceptors (Lipinski definition) is 15. The summed E-state index contributed by atoms with van der Waals surface area (Å²) in [4.78, 5) is 59.8. The Balaban J connectivity index is 1.57. The summed E-state index contributed by atoms with van der Waals surface area (Å²) >= 11 is 0. The van der Waals surface area contributed by atoms with Crippen LogP contribution in [0.25, 0.3) is 10.8 Å². The molecule has 0 saturated carbocycles. The van der Waals surface area contributed by atoms with Gasteiger partial charge < -0.3 is 54.3 Å². The number of benzene rings is 3. The number of aliphatic hydroxyl groups excluding tert-OH is 2. The summed E-state index contributed by atoms with van der Waals surface area (Å²) in [6.07, 6.45) is 3.62. The van der Waals surface area contributed by atoms with Crippen LogP contribution in [-0.2, 0) is 35.1 Å². The largest absolute Gasteiger partial charge is 0.505 e. The molecule has 1 saturated heterocycles. The van der Waals surface area contributed by atoms with Gasteiger partial charge in [0.05, 0.1) is 40.9 Å². The minimum atomic E-state index is -2.10. The van der Waals surface area contributed by atoms with Gasteiger partial charge in [-0.25, -0.2) is 0 Å². The maximum absolute atomic E-state index is 15.0. The molecule has 0 aliphatic carbocycles. The number of hydrogen-bond donors (Lipinski definition) is 5. The number of anilines is 2. The fourth-order valence-corrected chi connectivity index (χ4v) is 10.2. The van der Waals surface area contributed by atoms with Gasteiger partial charge in [-0.3, -0.25) is 24.1 Å². The first-order valence-corrected chi connectivity index (χ1v) is 24.8. The fraction of sp³-hybridized carbons (Fsp3) is 0.536. The molecule has 1 amide bonds. The number of aromatic hydroxyl groups is 2. The molecule has 9 atom stereocenters. The van der Waals surface area contributed by atoms with Crippen LogP contribution in [0.15, 0.2) is 48.3 Å². The minimum Gasteiger partial charge on any atom is -0.505 e. The van der Waals surface area contributed by atoms with Gasteiger partial charge in [-0.15, -0.1) is 0 Å². The standard InChI is InChI=1S/C56H75N3O13/c1-28-25-31(4)38(32(5)26-28)27-58-20-22-59(23-21-58)44-43-47(63)41-40(48(44)64)42-51(36(9)50(41)71-54(67)55(11,12)13)72-56(14,52(42)65)69-24-19-39(68-15)33(6)49(70-37(10)60)35(8)46(62)34(7)45(61)29(2)17-16-18-30(3)53(66)57-43/h16-19,24-26,29,33-35,39,45-46,49,61-64H,20-23,27H2,1-15H3,(H,57,66)/b17-16-,24-19?,30-18-/t29-,33+,34+,35+,39-,45-,46+,49+,56-/m0/s1. The summed E-state index contributed by atoms with van der Waals surface area (Å²) in [7, 11) is 1.45. The topological polar surface area (TPSA) is 214 Å². The molecule has 5 bridgehead atoms. The van der Waals surface area contributed by atoms with E-state index in [1.165, 1.54) is 61.6 Å². The van der Waals surface area contributed by atoms with E-state index in [1.807, 2.05) is 4.90 Å². The smallest absolute Gasteiger partial charge is 0.316 e. The Bertz CT molecular complexity index is 2670. The lowest BCUT2D eigenvalue weighted by atomic mass is 9.78. The molecule has 3 aromatic carbocycles. The maximum atomic E-state index is 15.0. The Labute approximate surface area is 423 Å². The number of phenols is 2. The second-order valence-electron chi connectivity index (χ2n) is 21.3. The molecule has 72 heavy (non-hydrogen) atoms. The van der Waals surface area contributed by atoms with Crippen LogP contribution in [0.4, 0.5) is 11.4 Å². The molecule has 5 N–H and O–H groups in total. The summed E-state index contributed by atoms with van der Waals surface area (Å²) in [6.45, 7) is 26.4. The Hall–Kier alpha value is -5.94. The molecule has 1 fully saturated rings. The highest BCUT2D eigenvalue weighted by molar-refractivity contribution is 6.24. The molecule has 0 radical (unpaired) electrons. The number of nitrogens with one attached hydrogen (secondary N) is 1. The van der Waals surface area contributed by atoms with Crippen LogP contribution in [-0.4, -0.2) is 112 Å². The van der Waals surface area contributed by atoms with Gasteiger partial charge in [0.25, 0.3) is 11.7 Å². The summed E-state index contributed by atoms with van der Waals surface area (Å²) in [5, 5.41) is 51.3. The molecular formula is C56H75N3O13. The van der Waals surface area contributed by atoms with Gasteiger partial charge in [0.15, 0.2) is 5.75 Å². The van der Waals surface area contributed by atoms with Crippen molar-refractivity contribution < 1.29 is 63.3 Å². The van der Waals surface area contributed by atoms with Crippen molar-refractivity contribution in [3.05, 3.63) is 81.7 Å². The molecule has 0 aromatic heterocycles. The summed E-state index contributed by atoms with van der Waals surface area (Å²) in [6, 6.07) is 4.32. The molecule has 16 heteroatoms. The first-order chi connectivity index (χ1) is 33.6. The molecule has 16 nitrogen and oxygen atoms in total. The third-order valence-electron chi connectivity index (χ3n) is 14.7. The van der Waals surface area contributed by atoms with E-state index in [9.17, 15) is 34.8 Å². The molecule has 392 valence electrons. The van der Waals surface area contributed by atoms with Crippen LogP contribution in [0.1, 0.15) is 107 Å². The minimum absolute atomic E-state index is 0.0349. The first-order valence-electron chi connectivity index (χ1n) is 24.8. The van der Waals surface area contributed by atoms with E-state index in [-0.39, 0.29) is 50.3 Å². The van der Waals surface area contributed by atoms with Gasteiger partial charge >= 0.3 is 17.7 Å². The lowest BCUT2D eigenvalue weighted by molar-refractivity contribution is -0.160. The number of nitrogens with zero attached hydrogens (tertiary/aromatic N) is 2. The van der Waals surface area contributed by atoms with Crippen molar-refractivity contribution in [2.75, 3.05) is 43.5 Å². The zero-order chi connectivity index (χ0) is 53.5. The number of allylic oxidation sites excluding steroid dienone is 2. The third-order valence-corrected chi connectivity index (χ3v) is 14.7. The van der Waals surface area contributed by atoms with Gasteiger partial charge in [-0.05, 0) is 78.2 Å². The number of aryl methyl sites for hydroxylation is 3. The Kier molecular flexibility index (Phi) is 16.6. The Morgan fingerprint density at radius 2 is 1.50 bits per heavy atom. The zero-order valence-electron chi connectivity index (χ0n) is 44.6. The van der Waals surface area contributed by atoms with Gasteiger partial charge in [-0.2, -0.15) is 0 Å². The van der Waals surface area contributed by atoms with E-state index in [1.54, 1.807) is 74.5 Å². The van der Waals surface area contributed by atoms with Crippen molar-refractivity contribution in [2.24, 2.45) is 29.1 Å². The average molecular weight is 998 g/mol. The number of piperazine rings is 1. The highest BCUT2D eigenvalue weighted by Gasteiger charge is 2.51. The molecular weight excluding hydrogens is 923 g/mol. The van der Waals surface area contributed by atoms with Gasteiger partial charge in [0.1, 0.15) is 34.7 Å². The van der Waals surface area contributed by atoms with Crippen molar-refractivity contribution in [1.82, 2.24) is 4.90 Å². The first kappa shape index (κ1) is 55.4. The molecule has 7 rings (SSSR count). The van der Waals surface area contributed by atoms with Crippen LogP contribution in [0, 0.1) is 56.8 Å². The predicted octanol–water partition coefficient (Wildman–Crippen LogP) is 8.25. The van der Waals surface area contributed by atoms with Crippen molar-refractivity contribution in [3.8, 4) is 23.0 Å². The van der Waals surface area contributed by atoms with Crippen molar-refractivity contribution >= 4 is 45.8 Å². The molecule has 0 unspecified atom stereocenters. The average Bonchev–Trinajstić information content (AvgIpc) is 3.58. The molecule has 4 heterocycles. The molecule has 4 aliphatic rings. The number of rotatable bonds is 6. The number of ketones is 1. The van der Waals surface area contributed by atoms with E-state index in [0.717, 1.165) is 0 Å². The van der Waals surface area contributed by atoms with Crippen LogP contribution in [0.2, 0.25) is 0 Å². The fourth-order valence-electron chi connectivity index (χ4n) is 10.2. The Morgan fingerprint density at radius 3 is 2.08 bits per heavy atom. The van der Waals surface area contributed by atoms with Gasteiger partial charge in [0, 0.05) is 93.9 Å². The summed E-state index contributed by atoms with van der Waals surface area (Å²) in [5.41, 5.74) is 3.74. The van der Waals surface area contributed by atoms with E-state index in [0.29, 0.717) is 32.7 Å². The number of ether oxygens (including phenoxy) is 5. The number of Topliss-reactive ketones (excluding diaryl/α,β-unsaturated/α-hetero) is 1. The highest BCUT2D eigenvalue weighted by Crippen LogP contribution is 2.58. The van der Waals surface area contributed by atoms with Crippen molar-refractivity contribution in [2.45, 2.75) is 134 Å². The van der Waals surface area contributed by atoms with Gasteiger partial charge in [0.2, 0.25) is 0 Å². The number of amides is 1. The second kappa shape index (κ2) is 21.6. The van der Waals surface area contributed by atoms with Crippen LogP contribution in [0.5, 0.6) is 23.0 Å². The van der Waals surface area contributed by atoms with Crippen molar-refractivity contribution in [1.29, 1.82) is 0 Å². The van der Waals surface area contributed by atoms with Gasteiger partial charge in [-0.1, -0.05) is 63.6 Å². The number of fused-ring (bicyclic) bond motifs is 14. The zero-order valence-corrected chi connectivity index (χ0v) is 44.6. The molecule has 4 aliphatic heterocycles. The quantitative estimate of drug-likeness (QED) is 0.0681. The number of phenolic OH excluding ortho intramolecular Hbond substituents is 2. The summed E-state index contributed by atoms with van der Waals surface area (Å²) in [5.74, 6) is -8.66. The summed E-state index contributed by atoms with van der Waals surface area (Å²) < 4.78 is 30.4. The van der Waals surface area contributed by atoms with Crippen LogP contribution < -0.4 is 19.7 Å². The van der Waals surface area contributed by atoms with E-state index >= 15 is 4.79 Å². The predicted molar refractivity (Wildman–Crippen MR) is 275 cm³/mol. The normalized spacial score (nSPS) is 28.0. The van der Waals surface area contributed by atoms with Crippen LogP contribution in [0.3, 0.4) is 0 Å². The number of carbonyl (C=O) groups excluding carboxylic acids is 4. The van der Waals surface area contributed by atoms with E-state index in [4.69, 9.17) is 23.7 Å². The third kappa shape index (κ3) is 11.0. The molecule has 3 aromatic rings. The van der Waals surface area contributed by atoms with E-state index < -0.39 is 94.4 Å². The van der Waals surface area contributed by atoms with Crippen LogP contribution >= 0.6 is 0 Å². The second-order valence-corrected chi connectivity index (χ2v) is 21.3. The maximum Gasteiger partial charge on any atom is 0.316 e. The monoisotopic (exact) mass is 998 g/mol. The number of aliphatic hydroxyl groups is 2. The van der Waals surface area contributed by atoms with Crippen molar-refractivity contribution in [3.63, 3.8) is 0 Å². The lowest BCUT2D eigenvalue weighted by Crippen LogP contribution is -2.46. The highest BCUT2D eigenvalue weighted by atomic mass is 16.7.